The molecule has 0 saturated carbocycles. The van der Waals surface area contributed by atoms with E-state index in [1.165, 1.54) is 0 Å². The topological polar surface area (TPSA) is 275 Å². The van der Waals surface area contributed by atoms with Crippen LogP contribution in [0.3, 0.4) is 0 Å². The Bertz CT molecular complexity index is 508. The van der Waals surface area contributed by atoms with E-state index in [1.807, 2.05) is 0 Å². The summed E-state index contributed by atoms with van der Waals surface area (Å²) in [5.41, 5.74) is 10.2. The molecule has 0 aromatic rings. The van der Waals surface area contributed by atoms with Crippen LogP contribution in [-0.4, -0.2) is 90.5 Å². The highest BCUT2D eigenvalue weighted by Gasteiger charge is 2.06. The van der Waals surface area contributed by atoms with Crippen molar-refractivity contribution < 1.29 is 44.5 Å². The highest BCUT2D eigenvalue weighted by atomic mass is 16.4. The molecule has 0 spiro atoms. The molecule has 0 aliphatic carbocycles. The Hall–Kier alpha value is -3.30. The Kier molecular flexibility index (Phi) is 20.4. The van der Waals surface area contributed by atoms with Crippen molar-refractivity contribution in [2.24, 2.45) is 11.5 Å². The average molecular weight is 424 g/mol. The number of hydrogen-bond acceptors (Lipinski definition) is 8. The lowest BCUT2D eigenvalue weighted by atomic mass is 10.4. The monoisotopic (exact) mass is 424 g/mol. The van der Waals surface area contributed by atoms with Gasteiger partial charge in [0, 0.05) is 25.9 Å². The number of hydrogen-bond donors (Lipinski definition) is 8. The summed E-state index contributed by atoms with van der Waals surface area (Å²) in [6.07, 6.45) is 0.290. The predicted molar refractivity (Wildman–Crippen MR) is 98.3 cm³/mol. The molecule has 168 valence electrons. The van der Waals surface area contributed by atoms with Crippen LogP contribution in [0.15, 0.2) is 0 Å². The number of nitrogens with one attached hydrogen (secondary N) is 4. The summed E-state index contributed by atoms with van der Waals surface area (Å²) in [5, 5.41) is 25.2. The number of carboxylic acids is 2. The molecular weight excluding hydrogens is 396 g/mol. The third-order valence-electron chi connectivity index (χ3n) is 2.51. The van der Waals surface area contributed by atoms with Gasteiger partial charge in [0.15, 0.2) is 0 Å². The molecule has 0 aliphatic rings. The van der Waals surface area contributed by atoms with Gasteiger partial charge in [0.1, 0.15) is 13.1 Å². The molecule has 0 bridgehead atoms. The molecule has 0 aromatic carbocycles. The second-order valence-corrected chi connectivity index (χ2v) is 4.97. The molecule has 15 heteroatoms. The summed E-state index contributed by atoms with van der Waals surface area (Å²) in [5.74, 6) is -4.02. The van der Waals surface area contributed by atoms with Gasteiger partial charge in [0.2, 0.25) is 23.6 Å². The molecule has 0 rings (SSSR count). The van der Waals surface area contributed by atoms with Gasteiger partial charge in [-0.05, 0) is 0 Å². The third-order valence-corrected chi connectivity index (χ3v) is 2.51. The van der Waals surface area contributed by atoms with Gasteiger partial charge in [0.25, 0.3) is 0 Å². The number of carbonyl (C=O) groups excluding carboxylic acids is 4. The molecule has 15 nitrogen and oxygen atoms in total. The summed E-state index contributed by atoms with van der Waals surface area (Å²) in [6, 6.07) is 0. The molecule has 29 heavy (non-hydrogen) atoms. The number of carboxylic acid groups (broad SMARTS) is 2. The number of amides is 4. The minimum atomic E-state index is -1.13. The van der Waals surface area contributed by atoms with E-state index in [0.717, 1.165) is 0 Å². The van der Waals surface area contributed by atoms with E-state index in [0.29, 0.717) is 0 Å². The molecule has 4 amide bonds. The molecule has 12 N–H and O–H groups in total. The predicted octanol–water partition coefficient (Wildman–Crippen LogP) is -5.52. The van der Waals surface area contributed by atoms with Gasteiger partial charge < -0.3 is 48.4 Å². The van der Waals surface area contributed by atoms with Crippen LogP contribution in [0.25, 0.3) is 0 Å². The van der Waals surface area contributed by atoms with Crippen molar-refractivity contribution in [3.05, 3.63) is 0 Å². The van der Waals surface area contributed by atoms with Gasteiger partial charge >= 0.3 is 11.9 Å². The molecule has 0 heterocycles. The zero-order valence-electron chi connectivity index (χ0n) is 15.7. The first-order chi connectivity index (χ1) is 13.1. The van der Waals surface area contributed by atoms with E-state index in [-0.39, 0.29) is 56.3 Å². The van der Waals surface area contributed by atoms with Crippen LogP contribution in [0.5, 0.6) is 0 Å². The Balaban J connectivity index is -0.000000451. The number of carbonyl (C=O) groups is 6. The second kappa shape index (κ2) is 19.5. The average Bonchev–Trinajstić information content (AvgIpc) is 2.62. The van der Waals surface area contributed by atoms with Crippen molar-refractivity contribution in [1.82, 2.24) is 21.3 Å². The molecule has 0 saturated heterocycles. The molecule has 0 aromatic heterocycles. The third kappa shape index (κ3) is 24.7. The first-order valence-electron chi connectivity index (χ1n) is 8.02. The minimum absolute atomic E-state index is 0. The van der Waals surface area contributed by atoms with Gasteiger partial charge in [-0.3, -0.25) is 28.8 Å². The quantitative estimate of drug-likeness (QED) is 0.147. The van der Waals surface area contributed by atoms with Crippen molar-refractivity contribution >= 4 is 35.6 Å². The normalized spacial score (nSPS) is 8.90. The van der Waals surface area contributed by atoms with E-state index in [1.54, 1.807) is 0 Å². The van der Waals surface area contributed by atoms with Gasteiger partial charge in [-0.1, -0.05) is 0 Å². The number of nitrogens with two attached hydrogens (primary N) is 2. The largest absolute Gasteiger partial charge is 0.480 e. The number of rotatable bonds is 12. The van der Waals surface area contributed by atoms with Gasteiger partial charge in [-0.2, -0.15) is 0 Å². The van der Waals surface area contributed by atoms with E-state index < -0.39 is 36.8 Å². The summed E-state index contributed by atoms with van der Waals surface area (Å²) in [4.78, 5) is 63.3. The van der Waals surface area contributed by atoms with Crippen LogP contribution < -0.4 is 32.7 Å². The minimum Gasteiger partial charge on any atom is -0.480 e. The van der Waals surface area contributed by atoms with Crippen LogP contribution in [0.4, 0.5) is 0 Å². The van der Waals surface area contributed by atoms with Crippen LogP contribution in [-0.2, 0) is 28.8 Å². The summed E-state index contributed by atoms with van der Waals surface area (Å²) in [7, 11) is 0. The van der Waals surface area contributed by atoms with Crippen molar-refractivity contribution in [2.75, 3.05) is 39.3 Å². The summed E-state index contributed by atoms with van der Waals surface area (Å²) in [6.45, 7) is -0.944. The van der Waals surface area contributed by atoms with E-state index in [4.69, 9.17) is 21.7 Å². The maximum atomic E-state index is 10.8. The standard InChI is InChI=1S/2C7H13N3O4.H2O/c2*8-2-1-5(11)9-3-6(12)10-4-7(13)14;/h2*1-4,8H2,(H,9,11)(H,10,12)(H,13,14);1H2. The highest BCUT2D eigenvalue weighted by molar-refractivity contribution is 5.87. The fourth-order valence-corrected chi connectivity index (χ4v) is 1.27. The zero-order valence-corrected chi connectivity index (χ0v) is 15.7. The lowest BCUT2D eigenvalue weighted by molar-refractivity contribution is -0.138. The zero-order chi connectivity index (χ0) is 21.9. The fourth-order valence-electron chi connectivity index (χ4n) is 1.27. The van der Waals surface area contributed by atoms with Crippen molar-refractivity contribution in [3.63, 3.8) is 0 Å². The Morgan fingerprint density at radius 2 is 0.828 bits per heavy atom. The smallest absolute Gasteiger partial charge is 0.322 e. The number of aliphatic carboxylic acids is 2. The molecular formula is C14H28N6O9. The van der Waals surface area contributed by atoms with Crippen molar-refractivity contribution in [3.8, 4) is 0 Å². The van der Waals surface area contributed by atoms with Gasteiger partial charge in [0.05, 0.1) is 13.1 Å². The molecule has 0 unspecified atom stereocenters. The van der Waals surface area contributed by atoms with E-state index >= 15 is 0 Å². The summed E-state index contributed by atoms with van der Waals surface area (Å²) >= 11 is 0. The van der Waals surface area contributed by atoms with Crippen LogP contribution in [0, 0.1) is 0 Å². The van der Waals surface area contributed by atoms with Gasteiger partial charge in [-0.25, -0.2) is 0 Å². The molecule has 0 fully saturated rings. The molecule has 0 radical (unpaired) electrons. The lowest BCUT2D eigenvalue weighted by Gasteiger charge is -2.03. The van der Waals surface area contributed by atoms with Crippen molar-refractivity contribution in [1.29, 1.82) is 0 Å². The SMILES string of the molecule is NCCC(=O)NCC(=O)NCC(=O)O.NCCC(=O)NCC(=O)NCC(=O)O.O. The maximum Gasteiger partial charge on any atom is 0.322 e. The molecule has 0 atom stereocenters. The lowest BCUT2D eigenvalue weighted by Crippen LogP contribution is -2.39. The fraction of sp³-hybridized carbons (Fsp3) is 0.571. The van der Waals surface area contributed by atoms with Crippen molar-refractivity contribution in [2.45, 2.75) is 12.8 Å². The Labute approximate surface area is 165 Å². The first kappa shape index (κ1) is 30.4. The first-order valence-corrected chi connectivity index (χ1v) is 8.02. The van der Waals surface area contributed by atoms with Crippen LogP contribution in [0.1, 0.15) is 12.8 Å². The maximum absolute atomic E-state index is 10.8. The Morgan fingerprint density at radius 1 is 0.552 bits per heavy atom. The van der Waals surface area contributed by atoms with E-state index in [2.05, 4.69) is 21.3 Å². The molecule has 0 aliphatic heterocycles. The second-order valence-electron chi connectivity index (χ2n) is 4.97. The van der Waals surface area contributed by atoms with Gasteiger partial charge in [-0.15, -0.1) is 0 Å². The summed E-state index contributed by atoms with van der Waals surface area (Å²) < 4.78 is 0. The van der Waals surface area contributed by atoms with E-state index in [9.17, 15) is 28.8 Å². The Morgan fingerprint density at radius 3 is 1.07 bits per heavy atom. The highest BCUT2D eigenvalue weighted by Crippen LogP contribution is 1.75. The van der Waals surface area contributed by atoms with Crippen LogP contribution >= 0.6 is 0 Å². The van der Waals surface area contributed by atoms with Crippen LogP contribution in [0.2, 0.25) is 0 Å².